The van der Waals surface area contributed by atoms with Gasteiger partial charge in [0, 0.05) is 15.7 Å². The molecule has 0 saturated carbocycles. The minimum Gasteiger partial charge on any atom is -0.398 e. The smallest absolute Gasteiger partial charge is 0.265 e. The molecule has 0 radical (unpaired) electrons. The highest BCUT2D eigenvalue weighted by Crippen LogP contribution is 2.33. The van der Waals surface area contributed by atoms with E-state index >= 15 is 0 Å². The minimum atomic E-state index is -4.04. The minimum absolute atomic E-state index is 0.00886. The molecule has 0 unspecified atom stereocenters. The molecule has 3 N–H and O–H groups in total. The zero-order valence-electron chi connectivity index (χ0n) is 10.1. The third-order valence-electron chi connectivity index (χ3n) is 2.36. The highest BCUT2D eigenvalue weighted by Gasteiger charge is 2.23. The summed E-state index contributed by atoms with van der Waals surface area (Å²) >= 11 is 20.7. The van der Waals surface area contributed by atoms with Gasteiger partial charge in [0.2, 0.25) is 0 Å². The summed E-state index contributed by atoms with van der Waals surface area (Å²) in [5, 5.41) is 0.135. The summed E-state index contributed by atoms with van der Waals surface area (Å²) < 4.78 is 27.6. The van der Waals surface area contributed by atoms with Crippen molar-refractivity contribution < 1.29 is 8.42 Å². The summed E-state index contributed by atoms with van der Waals surface area (Å²) in [4.78, 5) is 3.55. The number of halogens is 4. The van der Waals surface area contributed by atoms with Crippen molar-refractivity contribution in [3.63, 3.8) is 0 Å². The molecule has 0 amide bonds. The lowest BCUT2D eigenvalue weighted by atomic mass is 10.3. The summed E-state index contributed by atoms with van der Waals surface area (Å²) in [7, 11) is -4.04. The maximum atomic E-state index is 12.4. The number of hydrogen-bond acceptors (Lipinski definition) is 4. The largest absolute Gasteiger partial charge is 0.398 e. The average Bonchev–Trinajstić information content (AvgIpc) is 2.31. The van der Waals surface area contributed by atoms with Crippen LogP contribution in [-0.2, 0) is 10.0 Å². The zero-order valence-corrected chi connectivity index (χ0v) is 14.7. The average molecular weight is 432 g/mol. The first-order chi connectivity index (χ1) is 9.70. The molecule has 5 nitrogen and oxygen atoms in total. The molecule has 2 aromatic rings. The highest BCUT2D eigenvalue weighted by atomic mass is 79.9. The Hall–Kier alpha value is -0.730. The molecule has 0 saturated heterocycles. The lowest BCUT2D eigenvalue weighted by molar-refractivity contribution is 0.601. The van der Waals surface area contributed by atoms with E-state index in [1.807, 2.05) is 0 Å². The number of nitrogens with two attached hydrogens (primary N) is 1. The molecule has 1 aromatic carbocycles. The van der Waals surface area contributed by atoms with Crippen molar-refractivity contribution in [3.05, 3.63) is 44.1 Å². The second-order valence-electron chi connectivity index (χ2n) is 3.90. The molecule has 1 aromatic heterocycles. The fourth-order valence-corrected chi connectivity index (χ4v) is 4.14. The van der Waals surface area contributed by atoms with Crippen molar-refractivity contribution in [1.29, 1.82) is 0 Å². The monoisotopic (exact) mass is 429 g/mol. The van der Waals surface area contributed by atoms with Crippen LogP contribution in [0.3, 0.4) is 0 Å². The number of benzene rings is 1. The van der Waals surface area contributed by atoms with Crippen molar-refractivity contribution in [2.24, 2.45) is 0 Å². The topological polar surface area (TPSA) is 85.1 Å². The number of hydrogen-bond donors (Lipinski definition) is 2. The van der Waals surface area contributed by atoms with Crippen molar-refractivity contribution in [2.75, 3.05) is 10.5 Å². The normalized spacial score (nSPS) is 11.4. The zero-order chi connectivity index (χ0) is 15.8. The Kier molecular flexibility index (Phi) is 4.89. The predicted molar refractivity (Wildman–Crippen MR) is 88.6 cm³/mol. The maximum absolute atomic E-state index is 12.4. The molecule has 1 heterocycles. The van der Waals surface area contributed by atoms with Crippen LogP contribution in [0.5, 0.6) is 0 Å². The summed E-state index contributed by atoms with van der Waals surface area (Å²) in [6.45, 7) is 0. The van der Waals surface area contributed by atoms with Gasteiger partial charge in [-0.3, -0.25) is 4.72 Å². The first-order valence-electron chi connectivity index (χ1n) is 5.29. The van der Waals surface area contributed by atoms with Gasteiger partial charge >= 0.3 is 0 Å². The number of anilines is 2. The van der Waals surface area contributed by atoms with Gasteiger partial charge < -0.3 is 5.73 Å². The molecular weight excluding hydrogens is 424 g/mol. The van der Waals surface area contributed by atoms with Gasteiger partial charge in [-0.15, -0.1) is 0 Å². The van der Waals surface area contributed by atoms with Crippen LogP contribution in [0.25, 0.3) is 0 Å². The van der Waals surface area contributed by atoms with E-state index in [1.165, 1.54) is 24.4 Å². The lowest BCUT2D eigenvalue weighted by Gasteiger charge is -2.13. The number of rotatable bonds is 3. The van der Waals surface area contributed by atoms with Gasteiger partial charge in [-0.1, -0.05) is 34.8 Å². The van der Waals surface area contributed by atoms with Crippen molar-refractivity contribution in [3.8, 4) is 0 Å². The van der Waals surface area contributed by atoms with Crippen LogP contribution in [0.1, 0.15) is 0 Å². The number of pyridine rings is 1. The quantitative estimate of drug-likeness (QED) is 0.564. The second-order valence-corrected chi connectivity index (χ2v) is 7.64. The van der Waals surface area contributed by atoms with E-state index in [9.17, 15) is 8.42 Å². The molecule has 0 aliphatic heterocycles. The Morgan fingerprint density at radius 1 is 1.19 bits per heavy atom. The van der Waals surface area contributed by atoms with E-state index in [-0.39, 0.29) is 31.5 Å². The number of nitrogen functional groups attached to an aromatic ring is 1. The van der Waals surface area contributed by atoms with Gasteiger partial charge in [-0.25, -0.2) is 13.4 Å². The molecule has 10 heteroatoms. The molecule has 0 fully saturated rings. The first kappa shape index (κ1) is 16.6. The third-order valence-corrected chi connectivity index (χ3v) is 5.20. The van der Waals surface area contributed by atoms with Crippen LogP contribution in [0.4, 0.5) is 11.4 Å². The van der Waals surface area contributed by atoms with Crippen LogP contribution in [0, 0.1) is 0 Å². The fourth-order valence-electron chi connectivity index (χ4n) is 1.55. The van der Waals surface area contributed by atoms with Crippen LogP contribution in [-0.4, -0.2) is 13.4 Å². The number of nitrogens with zero attached hydrogens (tertiary/aromatic N) is 1. The highest BCUT2D eigenvalue weighted by molar-refractivity contribution is 9.10. The first-order valence-corrected chi connectivity index (χ1v) is 8.70. The Labute approximate surface area is 144 Å². The molecular formula is C11H7BrCl3N3O2S. The van der Waals surface area contributed by atoms with Crippen molar-refractivity contribution >= 4 is 72.1 Å². The molecule has 0 bridgehead atoms. The Morgan fingerprint density at radius 3 is 2.48 bits per heavy atom. The number of nitrogens with one attached hydrogen (secondary N) is 1. The summed E-state index contributed by atoms with van der Waals surface area (Å²) in [6, 6.07) is 4.05. The molecule has 112 valence electrons. The van der Waals surface area contributed by atoms with Crippen LogP contribution >= 0.6 is 50.7 Å². The summed E-state index contributed by atoms with van der Waals surface area (Å²) in [5.41, 5.74) is 5.71. The molecule has 2 rings (SSSR count). The van der Waals surface area contributed by atoms with E-state index in [0.717, 1.165) is 0 Å². The van der Waals surface area contributed by atoms with E-state index in [0.29, 0.717) is 4.47 Å². The number of aromatic nitrogens is 1. The third kappa shape index (κ3) is 3.73. The Bertz CT molecular complexity index is 791. The van der Waals surface area contributed by atoms with Gasteiger partial charge in [0.1, 0.15) is 4.90 Å². The maximum Gasteiger partial charge on any atom is 0.265 e. The molecule has 0 spiro atoms. The summed E-state index contributed by atoms with van der Waals surface area (Å²) in [6.07, 6.45) is 1.43. The Balaban J connectivity index is 2.51. The van der Waals surface area contributed by atoms with Gasteiger partial charge in [0.25, 0.3) is 10.0 Å². The van der Waals surface area contributed by atoms with E-state index in [4.69, 9.17) is 40.5 Å². The van der Waals surface area contributed by atoms with Crippen LogP contribution < -0.4 is 10.5 Å². The Morgan fingerprint density at radius 2 is 1.86 bits per heavy atom. The second kappa shape index (κ2) is 6.18. The molecule has 21 heavy (non-hydrogen) atoms. The van der Waals surface area contributed by atoms with Crippen molar-refractivity contribution in [1.82, 2.24) is 4.98 Å². The van der Waals surface area contributed by atoms with Crippen LogP contribution in [0.2, 0.25) is 15.2 Å². The van der Waals surface area contributed by atoms with E-state index in [2.05, 4.69) is 25.6 Å². The van der Waals surface area contributed by atoms with Gasteiger partial charge in [-0.2, -0.15) is 0 Å². The molecule has 0 aliphatic rings. The lowest BCUT2D eigenvalue weighted by Crippen LogP contribution is -2.16. The number of sulfonamides is 1. The predicted octanol–water partition coefficient (Wildman–Crippen LogP) is 4.19. The molecule has 0 aliphatic carbocycles. The van der Waals surface area contributed by atoms with Crippen molar-refractivity contribution in [2.45, 2.75) is 4.90 Å². The van der Waals surface area contributed by atoms with E-state index in [1.54, 1.807) is 0 Å². The van der Waals surface area contributed by atoms with Crippen LogP contribution in [0.15, 0.2) is 33.8 Å². The van der Waals surface area contributed by atoms with Gasteiger partial charge in [0.05, 0.1) is 16.4 Å². The summed E-state index contributed by atoms with van der Waals surface area (Å²) in [5.74, 6) is 0. The van der Waals surface area contributed by atoms with E-state index < -0.39 is 10.0 Å². The fraction of sp³-hybridized carbons (Fsp3) is 0. The van der Waals surface area contributed by atoms with Gasteiger partial charge in [-0.05, 0) is 34.1 Å². The van der Waals surface area contributed by atoms with Gasteiger partial charge in [0.15, 0.2) is 5.15 Å². The SMILES string of the molecule is Nc1cc(Cl)cc(Cl)c1S(=O)(=O)Nc1cc(Br)cnc1Cl. The molecule has 0 atom stereocenters. The standard InChI is InChI=1S/C11H7BrCl3N3O2S/c12-5-1-9(11(15)17-4-5)18-21(19,20)10-7(14)2-6(13)3-8(10)16/h1-4,18H,16H2.